The minimum Gasteiger partial charge on any atom is -0.326 e. The number of pyridine rings is 1. The second-order valence-corrected chi connectivity index (χ2v) is 5.25. The summed E-state index contributed by atoms with van der Waals surface area (Å²) in [6, 6.07) is 8.52. The Morgan fingerprint density at radius 3 is 2.58 bits per heavy atom. The van der Waals surface area contributed by atoms with Crippen molar-refractivity contribution in [2.45, 2.75) is 13.8 Å². The van der Waals surface area contributed by atoms with Crippen LogP contribution >= 0.6 is 15.9 Å². The summed E-state index contributed by atoms with van der Waals surface area (Å²) in [6.45, 7) is 3.65. The number of halogens is 1. The molecule has 1 heterocycles. The number of aryl methyl sites for hydroxylation is 2. The molecule has 5 heteroatoms. The van der Waals surface area contributed by atoms with Crippen LogP contribution in [0.1, 0.15) is 21.6 Å². The van der Waals surface area contributed by atoms with Crippen LogP contribution in [-0.2, 0) is 0 Å². The molecule has 2 rings (SSSR count). The third-order valence-corrected chi connectivity index (χ3v) is 3.17. The van der Waals surface area contributed by atoms with Crippen molar-refractivity contribution in [3.05, 3.63) is 62.0 Å². The summed E-state index contributed by atoms with van der Waals surface area (Å²) in [5.41, 5.74) is 2.40. The van der Waals surface area contributed by atoms with Gasteiger partial charge in [0.25, 0.3) is 5.91 Å². The van der Waals surface area contributed by atoms with Crippen LogP contribution in [0, 0.1) is 13.8 Å². The Bertz CT molecular complexity index is 692. The smallest absolute Gasteiger partial charge is 0.255 e. The van der Waals surface area contributed by atoms with Crippen LogP contribution in [-0.4, -0.2) is 10.9 Å². The Morgan fingerprint density at radius 1 is 1.21 bits per heavy atom. The second kappa shape index (κ2) is 5.40. The molecule has 0 fully saturated rings. The Labute approximate surface area is 119 Å². The van der Waals surface area contributed by atoms with E-state index in [1.807, 2.05) is 25.1 Å². The first-order valence-electron chi connectivity index (χ1n) is 5.74. The Kier molecular flexibility index (Phi) is 3.85. The molecule has 1 aromatic carbocycles. The van der Waals surface area contributed by atoms with E-state index in [4.69, 9.17) is 0 Å². The average molecular weight is 321 g/mol. The molecule has 0 aliphatic heterocycles. The number of amides is 1. The quantitative estimate of drug-likeness (QED) is 0.893. The number of rotatable bonds is 2. The topological polar surface area (TPSA) is 62.0 Å². The van der Waals surface area contributed by atoms with Gasteiger partial charge in [0.2, 0.25) is 5.56 Å². The fraction of sp³-hybridized carbons (Fsp3) is 0.143. The number of carbonyl (C=O) groups excluding carboxylic acids is 1. The van der Waals surface area contributed by atoms with E-state index < -0.39 is 0 Å². The van der Waals surface area contributed by atoms with Gasteiger partial charge in [-0.3, -0.25) is 9.59 Å². The average Bonchev–Trinajstić information content (AvgIpc) is 2.31. The van der Waals surface area contributed by atoms with Crippen molar-refractivity contribution in [2.24, 2.45) is 0 Å². The molecule has 0 atom stereocenters. The van der Waals surface area contributed by atoms with Gasteiger partial charge in [0.1, 0.15) is 0 Å². The van der Waals surface area contributed by atoms with E-state index >= 15 is 0 Å². The first-order valence-corrected chi connectivity index (χ1v) is 6.53. The van der Waals surface area contributed by atoms with Gasteiger partial charge in [0, 0.05) is 27.5 Å². The van der Waals surface area contributed by atoms with Crippen molar-refractivity contribution in [3.8, 4) is 0 Å². The van der Waals surface area contributed by atoms with Crippen LogP contribution in [0.15, 0.2) is 39.6 Å². The molecule has 1 aromatic heterocycles. The van der Waals surface area contributed by atoms with Gasteiger partial charge in [-0.1, -0.05) is 15.9 Å². The van der Waals surface area contributed by atoms with Gasteiger partial charge in [0.15, 0.2) is 0 Å². The molecule has 4 nitrogen and oxygen atoms in total. The molecule has 2 aromatic rings. The van der Waals surface area contributed by atoms with Crippen molar-refractivity contribution in [3.63, 3.8) is 0 Å². The number of aromatic nitrogens is 1. The summed E-state index contributed by atoms with van der Waals surface area (Å²) in [5, 5.41) is 2.80. The van der Waals surface area contributed by atoms with Crippen molar-refractivity contribution >= 4 is 27.5 Å². The van der Waals surface area contributed by atoms with Gasteiger partial charge in [-0.05, 0) is 43.7 Å². The Hall–Kier alpha value is -1.88. The lowest BCUT2D eigenvalue weighted by atomic mass is 10.1. The molecular formula is C14H13BrN2O2. The molecule has 98 valence electrons. The summed E-state index contributed by atoms with van der Waals surface area (Å²) in [6.07, 6.45) is 0. The summed E-state index contributed by atoms with van der Waals surface area (Å²) < 4.78 is 0.954. The standard InChI is InChI=1S/C14H13BrN2O2/c1-8-5-11(15)3-4-12(8)17-14(19)10-6-9(2)16-13(18)7-10/h3-7H,1-2H3,(H,16,18)(H,17,19). The zero-order chi connectivity index (χ0) is 14.0. The van der Waals surface area contributed by atoms with Crippen molar-refractivity contribution in [1.29, 1.82) is 0 Å². The van der Waals surface area contributed by atoms with Crippen LogP contribution in [0.2, 0.25) is 0 Å². The molecule has 0 radical (unpaired) electrons. The van der Waals surface area contributed by atoms with E-state index in [0.29, 0.717) is 11.3 Å². The minimum absolute atomic E-state index is 0.280. The molecule has 2 N–H and O–H groups in total. The fourth-order valence-corrected chi connectivity index (χ4v) is 2.25. The van der Waals surface area contributed by atoms with E-state index in [2.05, 4.69) is 26.2 Å². The third-order valence-electron chi connectivity index (χ3n) is 2.68. The maximum absolute atomic E-state index is 12.1. The predicted molar refractivity (Wildman–Crippen MR) is 78.6 cm³/mol. The van der Waals surface area contributed by atoms with Gasteiger partial charge in [0.05, 0.1) is 0 Å². The van der Waals surface area contributed by atoms with Gasteiger partial charge < -0.3 is 10.3 Å². The van der Waals surface area contributed by atoms with Gasteiger partial charge in [-0.2, -0.15) is 0 Å². The lowest BCUT2D eigenvalue weighted by molar-refractivity contribution is 0.102. The maximum Gasteiger partial charge on any atom is 0.255 e. The van der Waals surface area contributed by atoms with Gasteiger partial charge in [-0.15, -0.1) is 0 Å². The fourth-order valence-electron chi connectivity index (χ4n) is 1.78. The highest BCUT2D eigenvalue weighted by Crippen LogP contribution is 2.20. The number of anilines is 1. The van der Waals surface area contributed by atoms with Gasteiger partial charge in [-0.25, -0.2) is 0 Å². The summed E-state index contributed by atoms with van der Waals surface area (Å²) >= 11 is 3.37. The molecule has 19 heavy (non-hydrogen) atoms. The van der Waals surface area contributed by atoms with Crippen molar-refractivity contribution in [2.75, 3.05) is 5.32 Å². The van der Waals surface area contributed by atoms with Crippen LogP contribution < -0.4 is 10.9 Å². The zero-order valence-corrected chi connectivity index (χ0v) is 12.2. The third kappa shape index (κ3) is 3.32. The van der Waals surface area contributed by atoms with Crippen molar-refractivity contribution < 1.29 is 4.79 Å². The molecular weight excluding hydrogens is 308 g/mol. The highest BCUT2D eigenvalue weighted by Gasteiger charge is 2.09. The lowest BCUT2D eigenvalue weighted by Crippen LogP contribution is -2.17. The molecule has 0 aliphatic carbocycles. The molecule has 0 aliphatic rings. The summed E-state index contributed by atoms with van der Waals surface area (Å²) in [5.74, 6) is -0.292. The molecule has 0 saturated heterocycles. The minimum atomic E-state index is -0.292. The lowest BCUT2D eigenvalue weighted by Gasteiger charge is -2.09. The van der Waals surface area contributed by atoms with Gasteiger partial charge >= 0.3 is 0 Å². The Morgan fingerprint density at radius 2 is 1.95 bits per heavy atom. The first-order chi connectivity index (χ1) is 8.95. The molecule has 1 amide bonds. The van der Waals surface area contributed by atoms with E-state index in [1.165, 1.54) is 6.07 Å². The van der Waals surface area contributed by atoms with Crippen LogP contribution in [0.5, 0.6) is 0 Å². The number of carbonyl (C=O) groups is 1. The molecule has 0 unspecified atom stereocenters. The Balaban J connectivity index is 2.28. The normalized spacial score (nSPS) is 10.3. The summed E-state index contributed by atoms with van der Waals surface area (Å²) in [4.78, 5) is 26.0. The summed E-state index contributed by atoms with van der Waals surface area (Å²) in [7, 11) is 0. The highest BCUT2D eigenvalue weighted by atomic mass is 79.9. The number of benzene rings is 1. The second-order valence-electron chi connectivity index (χ2n) is 4.33. The molecule has 0 bridgehead atoms. The number of nitrogens with one attached hydrogen (secondary N) is 2. The maximum atomic E-state index is 12.1. The van der Waals surface area contributed by atoms with Crippen molar-refractivity contribution in [1.82, 2.24) is 4.98 Å². The van der Waals surface area contributed by atoms with E-state index in [-0.39, 0.29) is 11.5 Å². The van der Waals surface area contributed by atoms with Crippen LogP contribution in [0.25, 0.3) is 0 Å². The first kappa shape index (κ1) is 13.5. The number of hydrogen-bond acceptors (Lipinski definition) is 2. The SMILES string of the molecule is Cc1cc(C(=O)Nc2ccc(Br)cc2C)cc(=O)[nH]1. The van der Waals surface area contributed by atoms with E-state index in [9.17, 15) is 9.59 Å². The predicted octanol–water partition coefficient (Wildman–Crippen LogP) is 3.01. The van der Waals surface area contributed by atoms with Crippen LogP contribution in [0.4, 0.5) is 5.69 Å². The number of aromatic amines is 1. The highest BCUT2D eigenvalue weighted by molar-refractivity contribution is 9.10. The number of H-pyrrole nitrogens is 1. The number of hydrogen-bond donors (Lipinski definition) is 2. The zero-order valence-electron chi connectivity index (χ0n) is 10.6. The van der Waals surface area contributed by atoms with Crippen LogP contribution in [0.3, 0.4) is 0 Å². The van der Waals surface area contributed by atoms with E-state index in [1.54, 1.807) is 13.0 Å². The molecule has 0 saturated carbocycles. The largest absolute Gasteiger partial charge is 0.326 e. The molecule has 0 spiro atoms. The van der Waals surface area contributed by atoms with E-state index in [0.717, 1.165) is 15.7 Å². The monoisotopic (exact) mass is 320 g/mol.